The average Bonchev–Trinajstić information content (AvgIpc) is 2.69. The van der Waals surface area contributed by atoms with Gasteiger partial charge in [0.1, 0.15) is 12.1 Å². The average molecular weight is 382 g/mol. The summed E-state index contributed by atoms with van der Waals surface area (Å²) in [6.07, 6.45) is 1.38. The molecule has 0 radical (unpaired) electrons. The van der Waals surface area contributed by atoms with E-state index in [1.807, 2.05) is 93.4 Å². The Bertz CT molecular complexity index is 754. The minimum Gasteiger partial charge on any atom is -0.373 e. The third kappa shape index (κ3) is 5.00. The van der Waals surface area contributed by atoms with Crippen molar-refractivity contribution in [3.63, 3.8) is 0 Å². The summed E-state index contributed by atoms with van der Waals surface area (Å²) in [7, 11) is 1.97. The van der Waals surface area contributed by atoms with Gasteiger partial charge in [-0.1, -0.05) is 48.5 Å². The first-order valence-electron chi connectivity index (χ1n) is 10.0. The van der Waals surface area contributed by atoms with Crippen LogP contribution in [0.3, 0.4) is 0 Å². The van der Waals surface area contributed by atoms with Gasteiger partial charge in [0, 0.05) is 24.9 Å². The van der Waals surface area contributed by atoms with Crippen LogP contribution in [0.5, 0.6) is 0 Å². The number of ketones is 1. The van der Waals surface area contributed by atoms with Crippen molar-refractivity contribution in [1.29, 1.82) is 0 Å². The highest BCUT2D eigenvalue weighted by Gasteiger charge is 2.42. The second-order valence-electron chi connectivity index (χ2n) is 8.37. The number of benzene rings is 2. The smallest absolute Gasteiger partial charge is 0.187 e. The maximum Gasteiger partial charge on any atom is 0.187 e. The van der Waals surface area contributed by atoms with Gasteiger partial charge in [0.05, 0.1) is 11.7 Å². The van der Waals surface area contributed by atoms with Gasteiger partial charge in [-0.3, -0.25) is 4.79 Å². The van der Waals surface area contributed by atoms with E-state index in [0.29, 0.717) is 12.2 Å². The molecule has 3 rings (SSSR count). The summed E-state index contributed by atoms with van der Waals surface area (Å²) in [5.41, 5.74) is 1.38. The zero-order valence-electron chi connectivity index (χ0n) is 17.3. The molecule has 0 spiro atoms. The van der Waals surface area contributed by atoms with Crippen molar-refractivity contribution >= 4 is 11.5 Å². The van der Waals surface area contributed by atoms with Gasteiger partial charge < -0.3 is 14.4 Å². The zero-order chi connectivity index (χ0) is 20.1. The Morgan fingerprint density at radius 2 is 1.68 bits per heavy atom. The number of carbonyl (C=O) groups excluding carboxylic acids is 1. The van der Waals surface area contributed by atoms with Crippen molar-refractivity contribution in [1.82, 2.24) is 0 Å². The lowest BCUT2D eigenvalue weighted by Crippen LogP contribution is -2.56. The molecule has 0 amide bonds. The molecule has 1 aliphatic rings. The molecule has 0 aromatic heterocycles. The molecule has 28 heavy (non-hydrogen) atoms. The summed E-state index contributed by atoms with van der Waals surface area (Å²) in [5.74, 6) is 0.0568. The van der Waals surface area contributed by atoms with Crippen LogP contribution in [0.4, 0.5) is 5.69 Å². The number of Topliss-reactive ketones (excluding diaryl/α,β-unsaturated/α-hetero) is 1. The maximum atomic E-state index is 13.6. The molecule has 1 aliphatic heterocycles. The number of hydrogen-bond acceptors (Lipinski definition) is 4. The fourth-order valence-electron chi connectivity index (χ4n) is 3.79. The van der Waals surface area contributed by atoms with E-state index in [1.54, 1.807) is 0 Å². The Labute approximate surface area is 168 Å². The van der Waals surface area contributed by atoms with E-state index in [0.717, 1.165) is 18.5 Å². The molecule has 3 atom stereocenters. The summed E-state index contributed by atoms with van der Waals surface area (Å²) < 4.78 is 12.5. The normalized spacial score (nSPS) is 21.1. The molecular weight excluding hydrogens is 350 g/mol. The number of rotatable bonds is 6. The van der Waals surface area contributed by atoms with Crippen molar-refractivity contribution in [2.75, 3.05) is 18.6 Å². The molecule has 1 saturated heterocycles. The minimum atomic E-state index is -0.461. The standard InChI is InChI=1S/C24H31NO3/c1-24(2,3)28-20-16-11-17-27-23(20)21(22(26)18-12-7-5-8-13-18)25(4)19-14-9-6-10-15-19/h5-10,12-15,20-21,23H,11,16-17H2,1-4H3. The minimum absolute atomic E-state index is 0.0568. The summed E-state index contributed by atoms with van der Waals surface area (Å²) in [6, 6.07) is 19.0. The van der Waals surface area contributed by atoms with Crippen molar-refractivity contribution in [3.05, 3.63) is 66.2 Å². The lowest BCUT2D eigenvalue weighted by Gasteiger charge is -2.42. The van der Waals surface area contributed by atoms with Crippen LogP contribution in [-0.2, 0) is 9.47 Å². The summed E-state index contributed by atoms with van der Waals surface area (Å²) in [5, 5.41) is 0. The Morgan fingerprint density at radius 1 is 1.07 bits per heavy atom. The number of ether oxygens (including phenoxy) is 2. The van der Waals surface area contributed by atoms with Crippen LogP contribution in [-0.4, -0.2) is 43.3 Å². The lowest BCUT2D eigenvalue weighted by molar-refractivity contribution is -0.155. The fourth-order valence-corrected chi connectivity index (χ4v) is 3.79. The van der Waals surface area contributed by atoms with Gasteiger partial charge in [-0.15, -0.1) is 0 Å². The Morgan fingerprint density at radius 3 is 2.29 bits per heavy atom. The van der Waals surface area contributed by atoms with Crippen molar-refractivity contribution in [3.8, 4) is 0 Å². The van der Waals surface area contributed by atoms with Gasteiger partial charge in [-0.2, -0.15) is 0 Å². The molecule has 1 heterocycles. The van der Waals surface area contributed by atoms with Gasteiger partial charge in [0.15, 0.2) is 5.78 Å². The molecule has 3 unspecified atom stereocenters. The Balaban J connectivity index is 1.98. The maximum absolute atomic E-state index is 13.6. The van der Waals surface area contributed by atoms with Crippen LogP contribution >= 0.6 is 0 Å². The van der Waals surface area contributed by atoms with Crippen molar-refractivity contribution in [2.45, 2.75) is 57.5 Å². The van der Waals surface area contributed by atoms with Gasteiger partial charge in [0.2, 0.25) is 0 Å². The molecule has 0 saturated carbocycles. The van der Waals surface area contributed by atoms with E-state index < -0.39 is 6.04 Å². The number of anilines is 1. The molecule has 4 nitrogen and oxygen atoms in total. The van der Waals surface area contributed by atoms with E-state index >= 15 is 0 Å². The Kier molecular flexibility index (Phi) is 6.53. The first-order valence-corrected chi connectivity index (χ1v) is 10.0. The van der Waals surface area contributed by atoms with E-state index in [2.05, 4.69) is 0 Å². The molecule has 0 aliphatic carbocycles. The monoisotopic (exact) mass is 381 g/mol. The third-order valence-corrected chi connectivity index (χ3v) is 5.03. The third-order valence-electron chi connectivity index (χ3n) is 5.03. The molecule has 2 aromatic carbocycles. The van der Waals surface area contributed by atoms with Crippen molar-refractivity contribution < 1.29 is 14.3 Å². The van der Waals surface area contributed by atoms with Crippen LogP contribution in [0, 0.1) is 0 Å². The molecule has 4 heteroatoms. The highest BCUT2D eigenvalue weighted by Crippen LogP contribution is 2.30. The van der Waals surface area contributed by atoms with Crippen molar-refractivity contribution in [2.24, 2.45) is 0 Å². The first-order chi connectivity index (χ1) is 13.4. The molecule has 0 N–H and O–H groups in total. The van der Waals surface area contributed by atoms with E-state index in [-0.39, 0.29) is 23.6 Å². The van der Waals surface area contributed by atoms with Gasteiger partial charge in [-0.25, -0.2) is 0 Å². The zero-order valence-corrected chi connectivity index (χ0v) is 17.3. The predicted molar refractivity (Wildman–Crippen MR) is 113 cm³/mol. The van der Waals surface area contributed by atoms with E-state index in [4.69, 9.17) is 9.47 Å². The molecule has 150 valence electrons. The second kappa shape index (κ2) is 8.89. The predicted octanol–water partition coefficient (Wildman–Crippen LogP) is 4.74. The summed E-state index contributed by atoms with van der Waals surface area (Å²) in [4.78, 5) is 15.6. The largest absolute Gasteiger partial charge is 0.373 e. The second-order valence-corrected chi connectivity index (χ2v) is 8.37. The number of hydrogen-bond donors (Lipinski definition) is 0. The topological polar surface area (TPSA) is 38.8 Å². The van der Waals surface area contributed by atoms with E-state index in [1.165, 1.54) is 0 Å². The summed E-state index contributed by atoms with van der Waals surface area (Å²) in [6.45, 7) is 6.80. The van der Waals surface area contributed by atoms with Gasteiger partial charge >= 0.3 is 0 Å². The Hall–Kier alpha value is -2.17. The number of para-hydroxylation sites is 1. The SMILES string of the molecule is CN(c1ccccc1)C(C(=O)c1ccccc1)C1OCCCC1OC(C)(C)C. The van der Waals surface area contributed by atoms with Crippen LogP contribution < -0.4 is 4.90 Å². The van der Waals surface area contributed by atoms with E-state index in [9.17, 15) is 4.79 Å². The van der Waals surface area contributed by atoms with Crippen LogP contribution in [0.2, 0.25) is 0 Å². The highest BCUT2D eigenvalue weighted by atomic mass is 16.6. The van der Waals surface area contributed by atoms with Crippen LogP contribution in [0.15, 0.2) is 60.7 Å². The number of nitrogens with zero attached hydrogens (tertiary/aromatic N) is 1. The van der Waals surface area contributed by atoms with Crippen LogP contribution in [0.25, 0.3) is 0 Å². The highest BCUT2D eigenvalue weighted by molar-refractivity contribution is 6.02. The first kappa shape index (κ1) is 20.6. The molecule has 2 aromatic rings. The summed E-state index contributed by atoms with van der Waals surface area (Å²) >= 11 is 0. The molecule has 0 bridgehead atoms. The molecular formula is C24H31NO3. The van der Waals surface area contributed by atoms with Gasteiger partial charge in [-0.05, 0) is 45.7 Å². The molecule has 1 fully saturated rings. The van der Waals surface area contributed by atoms with Gasteiger partial charge in [0.25, 0.3) is 0 Å². The fraction of sp³-hybridized carbons (Fsp3) is 0.458. The quantitative estimate of drug-likeness (QED) is 0.678. The van der Waals surface area contributed by atoms with Crippen LogP contribution in [0.1, 0.15) is 44.0 Å². The lowest BCUT2D eigenvalue weighted by atomic mass is 9.91. The number of likely N-dealkylation sites (N-methyl/N-ethyl adjacent to an activating group) is 1. The number of carbonyl (C=O) groups is 1.